The number of carbonyl (C=O) groups excluding carboxylic acids is 1. The van der Waals surface area contributed by atoms with Gasteiger partial charge in [0.05, 0.1) is 19.8 Å². The number of esters is 1. The predicted molar refractivity (Wildman–Crippen MR) is 492 cm³/mol. The second kappa shape index (κ2) is 36.1. The number of para-hydroxylation sites is 7. The fourth-order valence-electron chi connectivity index (χ4n) is 15.8. The van der Waals surface area contributed by atoms with Crippen LogP contribution in [0.2, 0.25) is 0 Å². The zero-order valence-corrected chi connectivity index (χ0v) is 70.4. The van der Waals surface area contributed by atoms with Gasteiger partial charge < -0.3 is 50.6 Å². The Labute approximate surface area is 676 Å². The first-order valence-corrected chi connectivity index (χ1v) is 39.3. The van der Waals surface area contributed by atoms with E-state index in [9.17, 15) is 4.79 Å². The highest BCUT2D eigenvalue weighted by atomic mass is 16.5. The second-order valence-corrected chi connectivity index (χ2v) is 29.9. The van der Waals surface area contributed by atoms with Gasteiger partial charge in [0.15, 0.2) is 0 Å². The normalized spacial score (nSPS) is 10.8. The van der Waals surface area contributed by atoms with E-state index >= 15 is 0 Å². The molecule has 0 radical (unpaired) electrons. The Hall–Kier alpha value is -13.2. The topological polar surface area (TPSA) is 79.9 Å². The van der Waals surface area contributed by atoms with Crippen LogP contribution >= 0.6 is 0 Å². The summed E-state index contributed by atoms with van der Waals surface area (Å²) in [5.74, 6) is 0.621. The van der Waals surface area contributed by atoms with Crippen LogP contribution in [0.3, 0.4) is 0 Å². The maximum absolute atomic E-state index is 11.4. The van der Waals surface area contributed by atoms with Gasteiger partial charge in [0.1, 0.15) is 5.75 Å². The van der Waals surface area contributed by atoms with Crippen LogP contribution in [0.5, 0.6) is 5.75 Å². The highest BCUT2D eigenvalue weighted by Crippen LogP contribution is 2.32. The first-order chi connectivity index (χ1) is 55.4. The van der Waals surface area contributed by atoms with Crippen LogP contribution in [0.4, 0.5) is 0 Å². The van der Waals surface area contributed by atoms with Crippen molar-refractivity contribution in [2.75, 3.05) is 14.2 Å². The number of nitrogens with zero attached hydrogens (tertiary/aromatic N) is 9. The Bertz CT molecular complexity index is 6630. The maximum atomic E-state index is 11.4. The minimum Gasteiger partial charge on any atom is -0.497 e. The van der Waals surface area contributed by atoms with E-state index in [4.69, 9.17) is 9.47 Å². The van der Waals surface area contributed by atoms with E-state index in [2.05, 4.69) is 385 Å². The molecule has 20 aromatic rings. The SMILES string of the molecule is C=Cc1cn(C)c2ccccc12.CCc1cn(C)c2ccccc12.COC(=O)c1cn(C)c2ccccc12.COc1ccc2c(ccn2C)c1.Cc1c(C)n(C)c2ccccc12.Cc1ccc2c(c1)c(C)cn2C.Cc1ccc2c(c1)c1cc(C)ccc1n2C.Cc1cn(C)c2ccccc12.Cn1c2ccccc2c2ccccc21. The summed E-state index contributed by atoms with van der Waals surface area (Å²) in [6.45, 7) is 21.0. The summed E-state index contributed by atoms with van der Waals surface area (Å²) in [4.78, 5) is 11.4. The monoisotopic (exact) mass is 1520 g/mol. The summed E-state index contributed by atoms with van der Waals surface area (Å²) < 4.78 is 29.2. The summed E-state index contributed by atoms with van der Waals surface area (Å²) in [6.07, 6.45) is 15.5. The number of hydrogen-bond donors (Lipinski definition) is 0. The van der Waals surface area contributed by atoms with Crippen molar-refractivity contribution in [3.63, 3.8) is 0 Å². The smallest absolute Gasteiger partial charge is 0.340 e. The molecule has 584 valence electrons. The minimum atomic E-state index is -0.290. The van der Waals surface area contributed by atoms with E-state index in [1.54, 1.807) is 13.3 Å². The third-order valence-electron chi connectivity index (χ3n) is 22.2. The summed E-state index contributed by atoms with van der Waals surface area (Å²) in [5.41, 5.74) is 26.7. The second-order valence-electron chi connectivity index (χ2n) is 29.9. The van der Waals surface area contributed by atoms with Crippen molar-refractivity contribution >= 4 is 132 Å². The number of benzene rings is 11. The number of hydrogen-bond acceptors (Lipinski definition) is 3. The highest BCUT2D eigenvalue weighted by Gasteiger charge is 2.15. The number of aromatic nitrogens is 9. The zero-order chi connectivity index (χ0) is 81.9. The quantitative estimate of drug-likeness (QED) is 0.165. The molecular weight excluding hydrogens is 1410 g/mol. The van der Waals surface area contributed by atoms with Crippen LogP contribution < -0.4 is 4.74 Å². The highest BCUT2D eigenvalue weighted by molar-refractivity contribution is 6.09. The van der Waals surface area contributed by atoms with Gasteiger partial charge in [-0.25, -0.2) is 4.79 Å². The van der Waals surface area contributed by atoms with Crippen molar-refractivity contribution in [1.82, 2.24) is 41.1 Å². The van der Waals surface area contributed by atoms with Crippen molar-refractivity contribution in [3.8, 4) is 5.75 Å². The molecule has 0 aliphatic heterocycles. The van der Waals surface area contributed by atoms with Gasteiger partial charge in [-0.1, -0.05) is 182 Å². The van der Waals surface area contributed by atoms with Crippen molar-refractivity contribution in [3.05, 3.63) is 348 Å². The van der Waals surface area contributed by atoms with Gasteiger partial charge in [0.2, 0.25) is 0 Å². The van der Waals surface area contributed by atoms with Crippen LogP contribution in [0.25, 0.3) is 126 Å². The van der Waals surface area contributed by atoms with E-state index in [1.807, 2.05) is 67.3 Å². The number of aryl methyl sites for hydroxylation is 16. The van der Waals surface area contributed by atoms with Crippen LogP contribution in [0, 0.1) is 48.5 Å². The molecule has 0 atom stereocenters. The molecular formula is C103H109N9O3. The van der Waals surface area contributed by atoms with Crippen LogP contribution in [-0.4, -0.2) is 61.3 Å². The molecule has 0 aliphatic carbocycles. The number of fused-ring (bicyclic) bond motifs is 13. The van der Waals surface area contributed by atoms with Gasteiger partial charge in [0.25, 0.3) is 0 Å². The van der Waals surface area contributed by atoms with E-state index in [0.717, 1.165) is 23.1 Å². The lowest BCUT2D eigenvalue weighted by atomic mass is 10.1. The number of methoxy groups -OCH3 is 2. The molecule has 0 fully saturated rings. The predicted octanol–water partition coefficient (Wildman–Crippen LogP) is 25.1. The fourth-order valence-corrected chi connectivity index (χ4v) is 15.8. The molecule has 0 amide bonds. The van der Waals surface area contributed by atoms with Gasteiger partial charge >= 0.3 is 5.97 Å². The molecule has 20 rings (SSSR count). The molecule has 0 unspecified atom stereocenters. The van der Waals surface area contributed by atoms with Crippen LogP contribution in [0.15, 0.2) is 292 Å². The summed E-state index contributed by atoms with van der Waals surface area (Å²) in [7, 11) is 21.7. The van der Waals surface area contributed by atoms with Crippen molar-refractivity contribution in [2.45, 2.75) is 61.8 Å². The lowest BCUT2D eigenvalue weighted by Gasteiger charge is -1.99. The standard InChI is InChI=1S/C15H15N.C13H11N.C11H11NO2.3C11H13N.C11H11N.C10H11NO.C10H11N/c1-10-4-6-14-12(8-10)13-9-11(2)5-7-15(13)16(14)3;1-14-12-8-4-2-6-10(12)11-7-3-5-9-13(11)14;1-12-7-9(11(13)14-2)8-5-3-4-6-10(8)12;1-8-4-5-11-10(6-8)9(2)7-12(11)3;1-8-9(2)12(3)11-7-5-4-6-10(8)11;2*1-3-9-8-12(2)11-7-5-4-6-10(9)11;1-11-6-5-8-7-9(12-2)3-4-10(8)11;1-8-7-11(2)10-6-4-3-5-9(8)10/h4-9H,1-3H3;2-9H,1H3;3-7H,1-2H3;2*4-7H,1-3H3;4-8H,3H2,1-2H3;3-8H,1H2,2H3;3-7H,1-2H3;3-7H,1-2H3. The van der Waals surface area contributed by atoms with E-state index < -0.39 is 0 Å². The third kappa shape index (κ3) is 17.6. The lowest BCUT2D eigenvalue weighted by Crippen LogP contribution is -1.99. The molecule has 12 heteroatoms. The summed E-state index contributed by atoms with van der Waals surface area (Å²) >= 11 is 0. The average Bonchev–Trinajstić information content (AvgIpc) is 1.61. The number of ether oxygens (including phenoxy) is 2. The Morgan fingerprint density at radius 3 is 1.21 bits per heavy atom. The van der Waals surface area contributed by atoms with Gasteiger partial charge in [0, 0.05) is 226 Å². The summed E-state index contributed by atoms with van der Waals surface area (Å²) in [6, 6.07) is 86.7. The third-order valence-corrected chi connectivity index (χ3v) is 22.2. The molecule has 9 heterocycles. The first-order valence-electron chi connectivity index (χ1n) is 39.3. The van der Waals surface area contributed by atoms with E-state index in [0.29, 0.717) is 5.56 Å². The van der Waals surface area contributed by atoms with Crippen molar-refractivity contribution in [1.29, 1.82) is 0 Å². The Morgan fingerprint density at radius 1 is 0.339 bits per heavy atom. The van der Waals surface area contributed by atoms with Crippen molar-refractivity contribution in [2.24, 2.45) is 63.4 Å². The van der Waals surface area contributed by atoms with Crippen LogP contribution in [0.1, 0.15) is 67.5 Å². The summed E-state index contributed by atoms with van der Waals surface area (Å²) in [5, 5.41) is 14.3. The van der Waals surface area contributed by atoms with Gasteiger partial charge in [-0.15, -0.1) is 0 Å². The molecule has 0 saturated carbocycles. The molecule has 9 aromatic heterocycles. The fraction of sp³-hybridized carbons (Fsp3) is 0.194. The molecule has 0 bridgehead atoms. The minimum absolute atomic E-state index is 0.290. The van der Waals surface area contributed by atoms with Gasteiger partial charge in [-0.3, -0.25) is 0 Å². The van der Waals surface area contributed by atoms with Gasteiger partial charge in [-0.2, -0.15) is 0 Å². The average molecular weight is 1520 g/mol. The van der Waals surface area contributed by atoms with Crippen molar-refractivity contribution < 1.29 is 14.3 Å². The molecule has 115 heavy (non-hydrogen) atoms. The Kier molecular flexibility index (Phi) is 25.5. The van der Waals surface area contributed by atoms with E-state index in [-0.39, 0.29) is 5.97 Å². The molecule has 0 spiro atoms. The molecule has 11 aromatic carbocycles. The molecule has 0 saturated heterocycles. The zero-order valence-electron chi connectivity index (χ0n) is 70.4. The molecule has 0 N–H and O–H groups in total. The number of rotatable bonds is 4. The van der Waals surface area contributed by atoms with Crippen LogP contribution in [-0.2, 0) is 74.6 Å². The Morgan fingerprint density at radius 2 is 0.713 bits per heavy atom. The lowest BCUT2D eigenvalue weighted by molar-refractivity contribution is 0.0602. The van der Waals surface area contributed by atoms with Gasteiger partial charge in [-0.05, 0) is 186 Å². The largest absolute Gasteiger partial charge is 0.497 e. The van der Waals surface area contributed by atoms with E-state index in [1.165, 1.54) is 166 Å². The maximum Gasteiger partial charge on any atom is 0.340 e. The first kappa shape index (κ1) is 81.3. The number of carbonyl (C=O) groups is 1. The molecule has 0 aliphatic rings. The Balaban J connectivity index is 0.000000120. The molecule has 12 nitrogen and oxygen atoms in total.